The molecule has 1 aromatic carbocycles. The van der Waals surface area contributed by atoms with Gasteiger partial charge in [-0.1, -0.05) is 30.3 Å². The van der Waals surface area contributed by atoms with Crippen LogP contribution in [-0.2, 0) is 17.8 Å². The molecule has 0 saturated heterocycles. The summed E-state index contributed by atoms with van der Waals surface area (Å²) in [5.41, 5.74) is 2.54. The van der Waals surface area contributed by atoms with E-state index in [2.05, 4.69) is 25.3 Å². The van der Waals surface area contributed by atoms with Crippen molar-refractivity contribution >= 4 is 5.97 Å². The van der Waals surface area contributed by atoms with E-state index in [0.29, 0.717) is 18.8 Å². The summed E-state index contributed by atoms with van der Waals surface area (Å²) in [6.45, 7) is 0.375. The number of imidazole rings is 1. The largest absolute Gasteiger partial charge is 0.480 e. The lowest BCUT2D eigenvalue weighted by Gasteiger charge is -2.13. The summed E-state index contributed by atoms with van der Waals surface area (Å²) in [6, 6.07) is 8.98. The van der Waals surface area contributed by atoms with Crippen LogP contribution in [0.25, 0.3) is 11.4 Å². The smallest absolute Gasteiger partial charge is 0.321 e. The van der Waals surface area contributed by atoms with Crippen LogP contribution in [0.5, 0.6) is 0 Å². The number of H-pyrrole nitrogens is 1. The van der Waals surface area contributed by atoms with Crippen molar-refractivity contribution in [3.8, 4) is 11.4 Å². The predicted molar refractivity (Wildman–Crippen MR) is 88.0 cm³/mol. The van der Waals surface area contributed by atoms with E-state index in [4.69, 9.17) is 0 Å². The fourth-order valence-corrected chi connectivity index (χ4v) is 2.29. The van der Waals surface area contributed by atoms with Crippen molar-refractivity contribution in [2.24, 2.45) is 0 Å². The zero-order chi connectivity index (χ0) is 16.8. The maximum absolute atomic E-state index is 11.4. The molecule has 0 saturated carbocycles. The first-order valence-electron chi connectivity index (χ1n) is 7.52. The number of aromatic amines is 1. The molecule has 0 aliphatic rings. The molecular formula is C17H17N5O2. The molecule has 1 atom stereocenters. The van der Waals surface area contributed by atoms with Crippen LogP contribution in [0.2, 0.25) is 0 Å². The van der Waals surface area contributed by atoms with Crippen molar-refractivity contribution < 1.29 is 9.90 Å². The molecule has 0 spiro atoms. The van der Waals surface area contributed by atoms with E-state index < -0.39 is 12.0 Å². The molecule has 0 fully saturated rings. The number of hydrogen-bond donors (Lipinski definition) is 3. The van der Waals surface area contributed by atoms with Crippen molar-refractivity contribution in [3.63, 3.8) is 0 Å². The average Bonchev–Trinajstić information content (AvgIpc) is 3.13. The van der Waals surface area contributed by atoms with Gasteiger partial charge in [0.2, 0.25) is 0 Å². The molecule has 0 amide bonds. The van der Waals surface area contributed by atoms with Gasteiger partial charge in [0.05, 0.1) is 6.33 Å². The Labute approximate surface area is 138 Å². The number of aromatic nitrogens is 4. The number of rotatable bonds is 7. The zero-order valence-corrected chi connectivity index (χ0v) is 12.9. The molecule has 24 heavy (non-hydrogen) atoms. The van der Waals surface area contributed by atoms with Crippen molar-refractivity contribution in [1.29, 1.82) is 0 Å². The first-order chi connectivity index (χ1) is 11.7. The van der Waals surface area contributed by atoms with Gasteiger partial charge in [-0.15, -0.1) is 0 Å². The van der Waals surface area contributed by atoms with Crippen LogP contribution in [0.4, 0.5) is 0 Å². The van der Waals surface area contributed by atoms with Gasteiger partial charge in [-0.25, -0.2) is 15.0 Å². The number of benzene rings is 1. The number of aliphatic carboxylic acids is 1. The molecule has 3 rings (SSSR count). The van der Waals surface area contributed by atoms with Crippen LogP contribution >= 0.6 is 0 Å². The van der Waals surface area contributed by atoms with Gasteiger partial charge in [0.25, 0.3) is 0 Å². The van der Waals surface area contributed by atoms with Crippen LogP contribution < -0.4 is 5.32 Å². The Kier molecular flexibility index (Phi) is 4.93. The molecule has 2 aromatic heterocycles. The summed E-state index contributed by atoms with van der Waals surface area (Å²) in [5.74, 6) is -0.266. The molecule has 7 heteroatoms. The molecule has 0 aliphatic heterocycles. The number of carboxylic acids is 1. The molecular weight excluding hydrogens is 306 g/mol. The van der Waals surface area contributed by atoms with E-state index in [9.17, 15) is 9.90 Å². The van der Waals surface area contributed by atoms with Crippen molar-refractivity contribution in [1.82, 2.24) is 25.3 Å². The minimum absolute atomic E-state index is 0.332. The van der Waals surface area contributed by atoms with E-state index >= 15 is 0 Å². The Balaban J connectivity index is 1.62. The van der Waals surface area contributed by atoms with Gasteiger partial charge in [-0.05, 0) is 0 Å². The van der Waals surface area contributed by atoms with Gasteiger partial charge < -0.3 is 10.1 Å². The third-order valence-electron chi connectivity index (χ3n) is 3.57. The number of carbonyl (C=O) groups is 1. The van der Waals surface area contributed by atoms with E-state index in [0.717, 1.165) is 16.8 Å². The van der Waals surface area contributed by atoms with E-state index in [1.165, 1.54) is 6.33 Å². The highest BCUT2D eigenvalue weighted by atomic mass is 16.4. The lowest BCUT2D eigenvalue weighted by molar-refractivity contribution is -0.139. The molecule has 7 nitrogen and oxygen atoms in total. The summed E-state index contributed by atoms with van der Waals surface area (Å²) in [6.07, 6.45) is 6.90. The molecule has 0 aliphatic carbocycles. The number of nitrogens with zero attached hydrogens (tertiary/aromatic N) is 3. The summed E-state index contributed by atoms with van der Waals surface area (Å²) >= 11 is 0. The van der Waals surface area contributed by atoms with E-state index in [1.54, 1.807) is 18.6 Å². The molecule has 3 N–H and O–H groups in total. The normalized spacial score (nSPS) is 12.0. The predicted octanol–water partition coefficient (Wildman–Crippen LogP) is 1.65. The quantitative estimate of drug-likeness (QED) is 0.611. The topological polar surface area (TPSA) is 104 Å². The van der Waals surface area contributed by atoms with Crippen molar-refractivity contribution in [2.45, 2.75) is 19.0 Å². The molecule has 0 radical (unpaired) electrons. The highest BCUT2D eigenvalue weighted by Crippen LogP contribution is 2.13. The van der Waals surface area contributed by atoms with Crippen molar-refractivity contribution in [3.05, 3.63) is 66.5 Å². The fourth-order valence-electron chi connectivity index (χ4n) is 2.29. The average molecular weight is 323 g/mol. The molecule has 2 heterocycles. The number of carboxylic acid groups (broad SMARTS) is 1. The minimum Gasteiger partial charge on any atom is -0.480 e. The molecule has 3 aromatic rings. The Morgan fingerprint density at radius 3 is 2.54 bits per heavy atom. The van der Waals surface area contributed by atoms with Gasteiger partial charge >= 0.3 is 5.97 Å². The van der Waals surface area contributed by atoms with Gasteiger partial charge in [0, 0.05) is 48.4 Å². The van der Waals surface area contributed by atoms with Gasteiger partial charge in [-0.3, -0.25) is 10.1 Å². The molecule has 122 valence electrons. The second kappa shape index (κ2) is 7.47. The Morgan fingerprint density at radius 2 is 1.92 bits per heavy atom. The van der Waals surface area contributed by atoms with Gasteiger partial charge in [0.15, 0.2) is 5.82 Å². The third kappa shape index (κ3) is 4.02. The van der Waals surface area contributed by atoms with E-state index in [1.807, 2.05) is 30.3 Å². The third-order valence-corrected chi connectivity index (χ3v) is 3.57. The van der Waals surface area contributed by atoms with Crippen LogP contribution in [0.15, 0.2) is 55.2 Å². The zero-order valence-electron chi connectivity index (χ0n) is 12.9. The van der Waals surface area contributed by atoms with Gasteiger partial charge in [0.1, 0.15) is 6.04 Å². The monoisotopic (exact) mass is 323 g/mol. The van der Waals surface area contributed by atoms with E-state index in [-0.39, 0.29) is 0 Å². The van der Waals surface area contributed by atoms with Crippen molar-refractivity contribution in [2.75, 3.05) is 0 Å². The summed E-state index contributed by atoms with van der Waals surface area (Å²) in [7, 11) is 0. The lowest BCUT2D eigenvalue weighted by atomic mass is 10.1. The summed E-state index contributed by atoms with van der Waals surface area (Å²) in [5, 5.41) is 12.3. The van der Waals surface area contributed by atoms with Gasteiger partial charge in [-0.2, -0.15) is 0 Å². The maximum atomic E-state index is 11.4. The van der Waals surface area contributed by atoms with Crippen LogP contribution in [-0.4, -0.2) is 37.1 Å². The Bertz CT molecular complexity index is 773. The minimum atomic E-state index is -0.911. The number of hydrogen-bond acceptors (Lipinski definition) is 5. The molecule has 0 unspecified atom stereocenters. The fraction of sp³-hybridized carbons (Fsp3) is 0.176. The number of nitrogens with one attached hydrogen (secondary N) is 2. The van der Waals surface area contributed by atoms with Crippen LogP contribution in [0, 0.1) is 0 Å². The standard InChI is InChI=1S/C17H17N5O2/c23-17(24)15(6-14-10-18-11-22-14)19-7-12-8-20-16(21-9-12)13-4-2-1-3-5-13/h1-5,8-11,15,19H,6-7H2,(H,18,22)(H,23,24)/t15-/m1/s1. The second-order valence-electron chi connectivity index (χ2n) is 5.33. The highest BCUT2D eigenvalue weighted by molar-refractivity contribution is 5.73. The lowest BCUT2D eigenvalue weighted by Crippen LogP contribution is -2.38. The first kappa shape index (κ1) is 15.8. The second-order valence-corrected chi connectivity index (χ2v) is 5.33. The maximum Gasteiger partial charge on any atom is 0.321 e. The summed E-state index contributed by atoms with van der Waals surface area (Å²) < 4.78 is 0. The molecule has 0 bridgehead atoms. The van der Waals surface area contributed by atoms with Crippen LogP contribution in [0.1, 0.15) is 11.3 Å². The highest BCUT2D eigenvalue weighted by Gasteiger charge is 2.18. The Hall–Kier alpha value is -3.06. The SMILES string of the molecule is O=C(O)[C@@H](Cc1cnc[nH]1)NCc1cnc(-c2ccccc2)nc1. The Morgan fingerprint density at radius 1 is 1.17 bits per heavy atom. The first-order valence-corrected chi connectivity index (χ1v) is 7.52. The van der Waals surface area contributed by atoms with Crippen LogP contribution in [0.3, 0.4) is 0 Å². The summed E-state index contributed by atoms with van der Waals surface area (Å²) in [4.78, 5) is 26.8.